The van der Waals surface area contributed by atoms with Crippen LogP contribution in [-0.2, 0) is 25.5 Å². The fourth-order valence-electron chi connectivity index (χ4n) is 10.9. The number of phenolic OH excluding ortho intramolecular Hbond substituents is 3. The van der Waals surface area contributed by atoms with E-state index in [9.17, 15) is 34.8 Å². The Labute approximate surface area is 428 Å². The molecule has 5 N–H and O–H groups in total. The van der Waals surface area contributed by atoms with Crippen LogP contribution in [0.2, 0.25) is 0 Å². The number of nitrogens with one attached hydrogen (secondary N) is 1. The van der Waals surface area contributed by atoms with Crippen LogP contribution in [0.1, 0.15) is 108 Å². The van der Waals surface area contributed by atoms with E-state index in [1.165, 1.54) is 27.2 Å². The van der Waals surface area contributed by atoms with E-state index in [0.29, 0.717) is 76.6 Å². The molecule has 3 unspecified atom stereocenters. The van der Waals surface area contributed by atoms with E-state index in [1.807, 2.05) is 47.6 Å². The second kappa shape index (κ2) is 22.7. The Morgan fingerprint density at radius 3 is 2.18 bits per heavy atom. The molecule has 0 radical (unpaired) electrons. The number of allylic oxidation sites excluding steroid dienone is 3. The van der Waals surface area contributed by atoms with Crippen LogP contribution in [0.3, 0.4) is 0 Å². The molecule has 3 aromatic rings. The van der Waals surface area contributed by atoms with Crippen molar-refractivity contribution >= 4 is 34.2 Å². The molecule has 8 atom stereocenters. The van der Waals surface area contributed by atoms with Gasteiger partial charge in [0.05, 0.1) is 40.5 Å². The van der Waals surface area contributed by atoms with E-state index in [-0.39, 0.29) is 50.1 Å². The first-order valence-electron chi connectivity index (χ1n) is 25.8. The summed E-state index contributed by atoms with van der Waals surface area (Å²) in [6.45, 7) is 25.4. The number of fused-ring (bicyclic) bond motifs is 15. The number of carbonyl (C=O) groups excluding carboxylic acids is 3. The number of methoxy groups -OCH3 is 1. The molecule has 1 aromatic heterocycles. The molecule has 73 heavy (non-hydrogen) atoms. The Morgan fingerprint density at radius 1 is 0.877 bits per heavy atom. The summed E-state index contributed by atoms with van der Waals surface area (Å²) in [7, 11) is 1.52. The van der Waals surface area contributed by atoms with Crippen LogP contribution in [0.5, 0.6) is 17.2 Å². The van der Waals surface area contributed by atoms with Gasteiger partial charge in [0.2, 0.25) is 5.78 Å². The highest BCUT2D eigenvalue weighted by Crippen LogP contribution is 2.45. The van der Waals surface area contributed by atoms with E-state index >= 15 is 0 Å². The number of rotatable bonds is 6. The van der Waals surface area contributed by atoms with Crippen LogP contribution in [0.25, 0.3) is 10.8 Å². The number of hydrogen-bond acceptors (Lipinski definition) is 16. The van der Waals surface area contributed by atoms with Gasteiger partial charge in [0.1, 0.15) is 34.4 Å². The Balaban J connectivity index is 1.25. The van der Waals surface area contributed by atoms with Crippen molar-refractivity contribution in [1.82, 2.24) is 19.9 Å². The minimum absolute atomic E-state index is 0.0175. The summed E-state index contributed by atoms with van der Waals surface area (Å²) in [4.78, 5) is 59.5. The number of aryl methyl sites for hydroxylation is 2. The van der Waals surface area contributed by atoms with Crippen molar-refractivity contribution in [3.63, 3.8) is 0 Å². The Bertz CT molecular complexity index is 2750. The number of phenols is 3. The molecule has 8 rings (SSSR count). The molecular formula is C55H77N7O11. The number of aromatic nitrogens is 1. The number of anilines is 1. The fraction of sp³-hybridized carbons (Fsp3) is 0.600. The zero-order chi connectivity index (χ0) is 53.2. The molecule has 0 aliphatic carbocycles. The lowest BCUT2D eigenvalue weighted by molar-refractivity contribution is -0.112. The van der Waals surface area contributed by atoms with E-state index in [2.05, 4.69) is 34.1 Å². The number of aromatic hydroxyl groups is 3. The molecule has 2 fully saturated rings. The summed E-state index contributed by atoms with van der Waals surface area (Å²) in [5.74, 6) is -2.96. The Hall–Kier alpha value is -5.82. The number of ketones is 1. The first-order valence-corrected chi connectivity index (χ1v) is 25.8. The number of aliphatic hydroxyl groups excluding tert-OH is 1. The first-order chi connectivity index (χ1) is 34.6. The van der Waals surface area contributed by atoms with Crippen molar-refractivity contribution in [2.45, 2.75) is 132 Å². The number of hydrogen-bond donors (Lipinski definition) is 5. The second-order valence-corrected chi connectivity index (χ2v) is 21.4. The zero-order valence-electron chi connectivity index (χ0n) is 44.7. The fourth-order valence-corrected chi connectivity index (χ4v) is 10.9. The summed E-state index contributed by atoms with van der Waals surface area (Å²) >= 11 is 0. The average Bonchev–Trinajstić information content (AvgIpc) is 3.89. The van der Waals surface area contributed by atoms with Crippen molar-refractivity contribution in [1.29, 1.82) is 0 Å². The van der Waals surface area contributed by atoms with E-state index in [0.717, 1.165) is 23.6 Å². The third-order valence-electron chi connectivity index (χ3n) is 15.4. The molecule has 5 aliphatic rings. The number of aliphatic hydroxyl groups is 1. The molecule has 2 aromatic carbocycles. The van der Waals surface area contributed by atoms with Crippen LogP contribution < -0.4 is 16.0 Å². The smallest absolute Gasteiger partial charge is 0.410 e. The van der Waals surface area contributed by atoms with Gasteiger partial charge in [-0.3, -0.25) is 24.5 Å². The van der Waals surface area contributed by atoms with Gasteiger partial charge in [-0.25, -0.2) is 4.79 Å². The average molecular weight is 1010 g/mol. The van der Waals surface area contributed by atoms with E-state index in [4.69, 9.17) is 28.7 Å². The molecule has 4 bridgehead atoms. The molecular weight excluding hydrogens is 935 g/mol. The molecule has 2 amide bonds. The lowest BCUT2D eigenvalue weighted by Crippen LogP contribution is -2.51. The number of piperidine rings is 1. The summed E-state index contributed by atoms with van der Waals surface area (Å²) in [6.07, 6.45) is 5.69. The van der Waals surface area contributed by atoms with Crippen molar-refractivity contribution in [3.8, 4) is 17.2 Å². The summed E-state index contributed by atoms with van der Waals surface area (Å²) in [5.41, 5.74) is 0.789. The highest BCUT2D eigenvalue weighted by atomic mass is 16.6. The molecule has 1 spiro atoms. The third-order valence-corrected chi connectivity index (χ3v) is 15.4. The predicted octanol–water partition coefficient (Wildman–Crippen LogP) is 6.76. The normalized spacial score (nSPS) is 28.5. The lowest BCUT2D eigenvalue weighted by atomic mass is 9.79. The summed E-state index contributed by atoms with van der Waals surface area (Å²) in [5, 5.41) is 54.8. The van der Waals surface area contributed by atoms with Gasteiger partial charge in [-0.15, -0.1) is 0 Å². The molecule has 18 heteroatoms. The molecule has 0 saturated carbocycles. The molecule has 6 heterocycles. The van der Waals surface area contributed by atoms with Gasteiger partial charge in [-0.1, -0.05) is 64.9 Å². The third kappa shape index (κ3) is 11.6. The molecule has 398 valence electrons. The van der Waals surface area contributed by atoms with E-state index in [1.54, 1.807) is 30.1 Å². The van der Waals surface area contributed by atoms with Crippen LogP contribution in [0.4, 0.5) is 10.5 Å². The minimum atomic E-state index is -1.24. The zero-order valence-corrected chi connectivity index (χ0v) is 44.7. The summed E-state index contributed by atoms with van der Waals surface area (Å²) in [6, 6.07) is 0. The highest BCUT2D eigenvalue weighted by molar-refractivity contribution is 6.17. The van der Waals surface area contributed by atoms with Gasteiger partial charge >= 0.3 is 6.09 Å². The second-order valence-electron chi connectivity index (χ2n) is 21.4. The van der Waals surface area contributed by atoms with Gasteiger partial charge in [-0.05, 0) is 64.9 Å². The summed E-state index contributed by atoms with van der Waals surface area (Å²) < 4.78 is 23.9. The van der Waals surface area contributed by atoms with Crippen LogP contribution in [0.15, 0.2) is 50.6 Å². The van der Waals surface area contributed by atoms with Crippen molar-refractivity contribution in [2.75, 3.05) is 58.2 Å². The number of likely N-dealkylation sites (tertiary alicyclic amines) is 1. The molecule has 2 saturated heterocycles. The van der Waals surface area contributed by atoms with Gasteiger partial charge in [0.15, 0.2) is 17.5 Å². The number of carbonyl (C=O) groups is 3. The standard InChI is InChI=1S/C55H77N7O11/c1-29(2)27-60-19-17-55(18-20-60)57-44-41-42-48(64)34(7)49(65)43(41)51(67)46(45(44)58-55)56-53(68)31(4)15-13-14-30(3)26-32(5)47(63)35(8)52(33(6)40(70-12)16-25-71-38(11)50(42)66)72-54(69)62-23-21-61(22-24-62)28-39-36(9)59-73-37(39)10/h13-16,25,29-30,32-33,35,38,40,47,52,63-65,67H,17-24,26-28H2,1-12H3,(H,56,68)/b14-13+,25-16+,31-15-/t30-,32+,33+,35+,38?,40-,47?,52?/m0/s1. The maximum atomic E-state index is 14.8. The largest absolute Gasteiger partial charge is 0.507 e. The molecule has 5 aliphatic heterocycles. The number of piperazine rings is 1. The van der Waals surface area contributed by atoms with Crippen LogP contribution in [0, 0.1) is 50.4 Å². The number of benzene rings is 2. The van der Waals surface area contributed by atoms with Gasteiger partial charge < -0.3 is 54.3 Å². The molecule has 18 nitrogen and oxygen atoms in total. The SMILES string of the molecule is CO[C@H]1/C=C/OC(C)C(=O)c2c(O)c(C)c(O)c3c(O)c(c4c(c23)=NC2(CCN(CC(C)C)CC2)N=4)NC(=O)/C(C)=C\C=C\[C@H](C)C[C@@H](C)C(O)[C@@H](C)C(OC(=O)N2CCN(Cc3c(C)noc3C)CC2)[C@@H]1C. The lowest BCUT2D eigenvalue weighted by Gasteiger charge is -2.39. The number of Topliss-reactive ketones (excluding diaryl/α,β-unsaturated/α-hetero) is 1. The van der Waals surface area contributed by atoms with Crippen molar-refractivity contribution in [2.24, 2.45) is 39.6 Å². The minimum Gasteiger partial charge on any atom is -0.507 e. The maximum absolute atomic E-state index is 14.8. The van der Waals surface area contributed by atoms with Gasteiger partial charge in [0, 0.05) is 106 Å². The van der Waals surface area contributed by atoms with Gasteiger partial charge in [0.25, 0.3) is 5.91 Å². The van der Waals surface area contributed by atoms with Crippen LogP contribution >= 0.6 is 0 Å². The Kier molecular flexibility index (Phi) is 17.1. The predicted molar refractivity (Wildman–Crippen MR) is 276 cm³/mol. The van der Waals surface area contributed by atoms with Crippen molar-refractivity contribution in [3.05, 3.63) is 75.0 Å². The topological polar surface area (TPSA) is 232 Å². The van der Waals surface area contributed by atoms with Crippen LogP contribution in [-0.4, -0.2) is 141 Å². The highest BCUT2D eigenvalue weighted by Gasteiger charge is 2.41. The van der Waals surface area contributed by atoms with Crippen molar-refractivity contribution < 1.29 is 53.5 Å². The Morgan fingerprint density at radius 2 is 1.55 bits per heavy atom. The first kappa shape index (κ1) is 54.9. The number of nitrogens with zero attached hydrogens (tertiary/aromatic N) is 6. The number of ether oxygens (including phenoxy) is 3. The monoisotopic (exact) mass is 1010 g/mol. The van der Waals surface area contributed by atoms with E-state index < -0.39 is 76.9 Å². The maximum Gasteiger partial charge on any atom is 0.410 e. The quantitative estimate of drug-likeness (QED) is 0.161. The number of amides is 2. The van der Waals surface area contributed by atoms with Gasteiger partial charge in [-0.2, -0.15) is 0 Å².